The van der Waals surface area contributed by atoms with Crippen LogP contribution >= 0.6 is 0 Å². The van der Waals surface area contributed by atoms with Crippen LogP contribution in [0.3, 0.4) is 0 Å². The number of ketones is 1. The molecular formula is C24H25NO4. The number of hydrogen-bond donors (Lipinski definition) is 1. The summed E-state index contributed by atoms with van der Waals surface area (Å²) in [5.74, 6) is 1.07. The zero-order valence-electron chi connectivity index (χ0n) is 16.4. The summed E-state index contributed by atoms with van der Waals surface area (Å²) < 4.78 is 11.8. The van der Waals surface area contributed by atoms with Crippen molar-refractivity contribution >= 4 is 16.8 Å². The molecule has 1 N–H and O–H groups in total. The first-order valence-electron chi connectivity index (χ1n) is 10.3. The van der Waals surface area contributed by atoms with E-state index in [0.717, 1.165) is 55.6 Å². The number of aliphatic hydroxyl groups excluding tert-OH is 1. The number of aliphatic hydroxyl groups is 1. The molecule has 150 valence electrons. The van der Waals surface area contributed by atoms with Crippen molar-refractivity contribution in [1.29, 1.82) is 0 Å². The quantitative estimate of drug-likeness (QED) is 0.671. The summed E-state index contributed by atoms with van der Waals surface area (Å²) in [6.07, 6.45) is 2.91. The molecular weight excluding hydrogens is 366 g/mol. The third-order valence-electron chi connectivity index (χ3n) is 6.41. The SMILES string of the molecule is O=C(c1ccc2c(c1)OCC21CCN(CCCO)CC1)c1cc2ccccc2o1. The number of para-hydroxylation sites is 1. The van der Waals surface area contributed by atoms with Gasteiger partial charge in [-0.1, -0.05) is 30.3 Å². The highest BCUT2D eigenvalue weighted by Crippen LogP contribution is 2.46. The van der Waals surface area contributed by atoms with Gasteiger partial charge in [0.1, 0.15) is 11.3 Å². The van der Waals surface area contributed by atoms with Crippen molar-refractivity contribution in [3.63, 3.8) is 0 Å². The Balaban J connectivity index is 1.36. The Morgan fingerprint density at radius 2 is 1.93 bits per heavy atom. The number of furan rings is 1. The van der Waals surface area contributed by atoms with Crippen LogP contribution in [0.5, 0.6) is 5.75 Å². The van der Waals surface area contributed by atoms with Gasteiger partial charge in [0.25, 0.3) is 0 Å². The fourth-order valence-electron chi connectivity index (χ4n) is 4.66. The fraction of sp³-hybridized carbons (Fsp3) is 0.375. The molecule has 0 saturated carbocycles. The van der Waals surface area contributed by atoms with E-state index in [2.05, 4.69) is 11.0 Å². The second kappa shape index (κ2) is 7.32. The van der Waals surface area contributed by atoms with Gasteiger partial charge in [-0.3, -0.25) is 4.79 Å². The molecule has 0 radical (unpaired) electrons. The number of likely N-dealkylation sites (tertiary alicyclic amines) is 1. The molecule has 1 aromatic heterocycles. The van der Waals surface area contributed by atoms with Gasteiger partial charge in [-0.05, 0) is 50.6 Å². The molecule has 3 aromatic rings. The maximum absolute atomic E-state index is 13.0. The molecule has 5 heteroatoms. The van der Waals surface area contributed by atoms with Crippen LogP contribution in [0.15, 0.2) is 52.9 Å². The summed E-state index contributed by atoms with van der Waals surface area (Å²) in [4.78, 5) is 15.4. The summed E-state index contributed by atoms with van der Waals surface area (Å²) in [5.41, 5.74) is 2.59. The van der Waals surface area contributed by atoms with Gasteiger partial charge >= 0.3 is 0 Å². The topological polar surface area (TPSA) is 62.9 Å². The number of carbonyl (C=O) groups is 1. The maximum atomic E-state index is 13.0. The smallest absolute Gasteiger partial charge is 0.228 e. The molecule has 5 rings (SSSR count). The summed E-state index contributed by atoms with van der Waals surface area (Å²) in [6.45, 7) is 3.91. The lowest BCUT2D eigenvalue weighted by atomic mass is 9.74. The van der Waals surface area contributed by atoms with Crippen LogP contribution in [0.2, 0.25) is 0 Å². The molecule has 0 bridgehead atoms. The lowest BCUT2D eigenvalue weighted by Gasteiger charge is -2.38. The van der Waals surface area contributed by atoms with Crippen LogP contribution in [0, 0.1) is 0 Å². The van der Waals surface area contributed by atoms with Crippen LogP contribution in [-0.4, -0.2) is 48.6 Å². The van der Waals surface area contributed by atoms with Gasteiger partial charge in [0.15, 0.2) is 5.76 Å². The fourth-order valence-corrected chi connectivity index (χ4v) is 4.66. The molecule has 3 heterocycles. The van der Waals surface area contributed by atoms with Crippen molar-refractivity contribution in [2.24, 2.45) is 0 Å². The van der Waals surface area contributed by atoms with Gasteiger partial charge in [-0.25, -0.2) is 0 Å². The zero-order chi connectivity index (χ0) is 19.8. The highest BCUT2D eigenvalue weighted by molar-refractivity contribution is 6.09. The van der Waals surface area contributed by atoms with Crippen molar-refractivity contribution < 1.29 is 19.1 Å². The van der Waals surface area contributed by atoms with E-state index >= 15 is 0 Å². The molecule has 1 spiro atoms. The summed E-state index contributed by atoms with van der Waals surface area (Å²) in [5, 5.41) is 9.98. The predicted octanol–water partition coefficient (Wildman–Crippen LogP) is 3.77. The maximum Gasteiger partial charge on any atom is 0.228 e. The van der Waals surface area contributed by atoms with Gasteiger partial charge in [-0.15, -0.1) is 0 Å². The minimum absolute atomic E-state index is 0.0476. The molecule has 0 aliphatic carbocycles. The minimum atomic E-state index is -0.118. The van der Waals surface area contributed by atoms with Crippen LogP contribution in [0.4, 0.5) is 0 Å². The molecule has 2 aromatic carbocycles. The van der Waals surface area contributed by atoms with E-state index < -0.39 is 0 Å². The number of fused-ring (bicyclic) bond motifs is 3. The number of rotatable bonds is 5. The minimum Gasteiger partial charge on any atom is -0.492 e. The summed E-state index contributed by atoms with van der Waals surface area (Å²) in [7, 11) is 0. The van der Waals surface area contributed by atoms with Crippen LogP contribution in [0.25, 0.3) is 11.0 Å². The Bertz CT molecular complexity index is 1010. The van der Waals surface area contributed by atoms with E-state index in [1.807, 2.05) is 36.4 Å². The van der Waals surface area contributed by atoms with Gasteiger partial charge in [0.05, 0.1) is 6.61 Å². The average molecular weight is 391 g/mol. The molecule has 5 nitrogen and oxygen atoms in total. The zero-order valence-corrected chi connectivity index (χ0v) is 16.4. The first-order chi connectivity index (χ1) is 14.2. The number of carbonyl (C=O) groups excluding carboxylic acids is 1. The molecule has 1 fully saturated rings. The van der Waals surface area contributed by atoms with Crippen LogP contribution in [0.1, 0.15) is 40.9 Å². The molecule has 29 heavy (non-hydrogen) atoms. The molecule has 0 amide bonds. The van der Waals surface area contributed by atoms with E-state index in [1.54, 1.807) is 6.07 Å². The molecule has 2 aliphatic rings. The van der Waals surface area contributed by atoms with Crippen molar-refractivity contribution in [1.82, 2.24) is 4.90 Å². The van der Waals surface area contributed by atoms with E-state index in [0.29, 0.717) is 17.9 Å². The molecule has 0 atom stereocenters. The highest BCUT2D eigenvalue weighted by atomic mass is 16.5. The van der Waals surface area contributed by atoms with Gasteiger partial charge in [0, 0.05) is 35.1 Å². The third-order valence-corrected chi connectivity index (χ3v) is 6.41. The second-order valence-electron chi connectivity index (χ2n) is 8.18. The van der Waals surface area contributed by atoms with E-state index in [9.17, 15) is 4.79 Å². The number of nitrogens with zero attached hydrogens (tertiary/aromatic N) is 1. The Kier molecular flexibility index (Phi) is 4.64. The molecule has 0 unspecified atom stereocenters. The standard InChI is InChI=1S/C24H25NO4/c26-13-3-10-25-11-8-24(9-12-25)16-28-21-15-18(6-7-19(21)24)23(27)22-14-17-4-1-2-5-20(17)29-22/h1-2,4-7,14-15,26H,3,8-13,16H2. The number of benzene rings is 2. The van der Waals surface area contributed by atoms with Crippen molar-refractivity contribution in [3.05, 3.63) is 65.4 Å². The Morgan fingerprint density at radius 1 is 1.10 bits per heavy atom. The normalized spacial score (nSPS) is 18.1. The van der Waals surface area contributed by atoms with Crippen LogP contribution < -0.4 is 4.74 Å². The second-order valence-corrected chi connectivity index (χ2v) is 8.18. The van der Waals surface area contributed by atoms with Crippen molar-refractivity contribution in [2.45, 2.75) is 24.7 Å². The molecule has 2 aliphatic heterocycles. The number of piperidine rings is 1. The number of ether oxygens (including phenoxy) is 1. The summed E-state index contributed by atoms with van der Waals surface area (Å²) in [6, 6.07) is 15.3. The average Bonchev–Trinajstić information content (AvgIpc) is 3.35. The third kappa shape index (κ3) is 3.24. The Morgan fingerprint density at radius 3 is 2.72 bits per heavy atom. The van der Waals surface area contributed by atoms with Gasteiger partial charge in [0.2, 0.25) is 5.78 Å². The van der Waals surface area contributed by atoms with E-state index in [-0.39, 0.29) is 17.8 Å². The van der Waals surface area contributed by atoms with Gasteiger partial charge in [-0.2, -0.15) is 0 Å². The number of hydrogen-bond acceptors (Lipinski definition) is 5. The van der Waals surface area contributed by atoms with Crippen LogP contribution in [-0.2, 0) is 5.41 Å². The molecule has 1 saturated heterocycles. The van der Waals surface area contributed by atoms with Crippen molar-refractivity contribution in [3.8, 4) is 5.75 Å². The predicted molar refractivity (Wildman–Crippen MR) is 111 cm³/mol. The van der Waals surface area contributed by atoms with E-state index in [4.69, 9.17) is 14.3 Å². The first-order valence-corrected chi connectivity index (χ1v) is 10.3. The monoisotopic (exact) mass is 391 g/mol. The lowest BCUT2D eigenvalue weighted by molar-refractivity contribution is 0.101. The Labute approximate surface area is 169 Å². The van der Waals surface area contributed by atoms with Crippen molar-refractivity contribution in [2.75, 3.05) is 32.8 Å². The summed E-state index contributed by atoms with van der Waals surface area (Å²) >= 11 is 0. The highest BCUT2D eigenvalue weighted by Gasteiger charge is 2.43. The lowest BCUT2D eigenvalue weighted by Crippen LogP contribution is -2.44. The largest absolute Gasteiger partial charge is 0.492 e. The van der Waals surface area contributed by atoms with E-state index in [1.165, 1.54) is 5.56 Å². The first kappa shape index (κ1) is 18.4. The van der Waals surface area contributed by atoms with Gasteiger partial charge < -0.3 is 19.2 Å². The Hall–Kier alpha value is -2.63.